The van der Waals surface area contributed by atoms with Crippen molar-refractivity contribution < 1.29 is 58.9 Å². The minimum Gasteiger partial charge on any atom is -0.447 e. The maximum atomic E-state index is 12.2. The zero-order valence-corrected chi connectivity index (χ0v) is 25.9. The Hall–Kier alpha value is -2.89. The van der Waals surface area contributed by atoms with Gasteiger partial charge >= 0.3 is 6.09 Å². The molecular formula is C30H49N3O12. The average Bonchev–Trinajstić information content (AvgIpc) is 3.02. The SMILES string of the molecule is CCCC(=O)N[C@@H](CO[C@H]1OC(COC(=O)NCCOCCNC(=O)Cc2ccccc2)[C@H](O)[C@H](O)C1O)[C@H](O)[C@H](O)CCC. The molecule has 1 aliphatic rings. The number of rotatable bonds is 20. The zero-order valence-electron chi connectivity index (χ0n) is 25.9. The molecule has 1 saturated heterocycles. The highest BCUT2D eigenvalue weighted by atomic mass is 16.7. The van der Waals surface area contributed by atoms with Crippen molar-refractivity contribution in [2.75, 3.05) is 39.5 Å². The summed E-state index contributed by atoms with van der Waals surface area (Å²) < 4.78 is 21.6. The number of nitrogens with one attached hydrogen (secondary N) is 3. The Morgan fingerprint density at radius 1 is 0.911 bits per heavy atom. The van der Waals surface area contributed by atoms with Gasteiger partial charge in [0, 0.05) is 19.5 Å². The number of hydrogen-bond donors (Lipinski definition) is 8. The van der Waals surface area contributed by atoms with Gasteiger partial charge in [-0.05, 0) is 18.4 Å². The van der Waals surface area contributed by atoms with Crippen LogP contribution in [0, 0.1) is 0 Å². The van der Waals surface area contributed by atoms with E-state index in [9.17, 15) is 39.9 Å². The van der Waals surface area contributed by atoms with Crippen LogP contribution in [0.3, 0.4) is 0 Å². The molecule has 15 heteroatoms. The minimum atomic E-state index is -1.72. The van der Waals surface area contributed by atoms with Gasteiger partial charge in [-0.3, -0.25) is 9.59 Å². The van der Waals surface area contributed by atoms with Crippen molar-refractivity contribution in [3.8, 4) is 0 Å². The number of hydrogen-bond acceptors (Lipinski definition) is 12. The van der Waals surface area contributed by atoms with Gasteiger partial charge in [0.25, 0.3) is 0 Å². The fourth-order valence-electron chi connectivity index (χ4n) is 4.50. The second-order valence-electron chi connectivity index (χ2n) is 10.8. The molecule has 1 fully saturated rings. The predicted molar refractivity (Wildman–Crippen MR) is 160 cm³/mol. The number of ether oxygens (including phenoxy) is 4. The number of amides is 3. The Morgan fingerprint density at radius 2 is 1.60 bits per heavy atom. The van der Waals surface area contributed by atoms with Crippen LogP contribution in [0.15, 0.2) is 30.3 Å². The van der Waals surface area contributed by atoms with Crippen LogP contribution in [0.25, 0.3) is 0 Å². The van der Waals surface area contributed by atoms with E-state index in [-0.39, 0.29) is 50.8 Å². The molecule has 2 rings (SSSR count). The summed E-state index contributed by atoms with van der Waals surface area (Å²) in [4.78, 5) is 36.2. The van der Waals surface area contributed by atoms with Crippen LogP contribution in [0.4, 0.5) is 4.79 Å². The van der Waals surface area contributed by atoms with Crippen LogP contribution in [0.1, 0.15) is 45.1 Å². The van der Waals surface area contributed by atoms with Gasteiger partial charge in [-0.15, -0.1) is 0 Å². The van der Waals surface area contributed by atoms with Crippen LogP contribution in [-0.2, 0) is 35.0 Å². The number of aliphatic hydroxyl groups is 5. The molecule has 3 amide bonds. The lowest BCUT2D eigenvalue weighted by molar-refractivity contribution is -0.302. The predicted octanol–water partition coefficient (Wildman–Crippen LogP) is -1.28. The largest absolute Gasteiger partial charge is 0.447 e. The fraction of sp³-hybridized carbons (Fsp3) is 0.700. The molecule has 8 N–H and O–H groups in total. The van der Waals surface area contributed by atoms with Gasteiger partial charge in [-0.25, -0.2) is 4.79 Å². The molecule has 15 nitrogen and oxygen atoms in total. The topological polar surface area (TPSA) is 225 Å². The molecule has 2 unspecified atom stereocenters. The first kappa shape index (κ1) is 38.3. The molecule has 0 saturated carbocycles. The lowest BCUT2D eigenvalue weighted by Gasteiger charge is -2.40. The number of carbonyl (C=O) groups is 3. The Morgan fingerprint density at radius 3 is 2.27 bits per heavy atom. The molecule has 0 aliphatic carbocycles. The van der Waals surface area contributed by atoms with Crippen LogP contribution in [-0.4, -0.2) is 132 Å². The van der Waals surface area contributed by atoms with Gasteiger partial charge in [0.15, 0.2) is 6.29 Å². The van der Waals surface area contributed by atoms with Crippen molar-refractivity contribution in [2.45, 2.75) is 94.9 Å². The van der Waals surface area contributed by atoms with E-state index in [0.29, 0.717) is 19.4 Å². The van der Waals surface area contributed by atoms with E-state index in [0.717, 1.165) is 5.56 Å². The van der Waals surface area contributed by atoms with Crippen molar-refractivity contribution in [3.05, 3.63) is 35.9 Å². The fourth-order valence-corrected chi connectivity index (χ4v) is 4.50. The highest BCUT2D eigenvalue weighted by Crippen LogP contribution is 2.23. The van der Waals surface area contributed by atoms with Gasteiger partial charge < -0.3 is 60.4 Å². The van der Waals surface area contributed by atoms with E-state index in [4.69, 9.17) is 18.9 Å². The van der Waals surface area contributed by atoms with Gasteiger partial charge in [-0.2, -0.15) is 0 Å². The lowest BCUT2D eigenvalue weighted by Crippen LogP contribution is -2.60. The van der Waals surface area contributed by atoms with Gasteiger partial charge in [0.05, 0.1) is 38.4 Å². The van der Waals surface area contributed by atoms with Crippen molar-refractivity contribution in [3.63, 3.8) is 0 Å². The highest BCUT2D eigenvalue weighted by Gasteiger charge is 2.45. The van der Waals surface area contributed by atoms with Crippen LogP contribution < -0.4 is 16.0 Å². The maximum absolute atomic E-state index is 12.2. The van der Waals surface area contributed by atoms with Crippen molar-refractivity contribution >= 4 is 17.9 Å². The second kappa shape index (κ2) is 21.0. The molecule has 0 radical (unpaired) electrons. The smallest absolute Gasteiger partial charge is 0.407 e. The van der Waals surface area contributed by atoms with E-state index in [2.05, 4.69) is 16.0 Å². The summed E-state index contributed by atoms with van der Waals surface area (Å²) >= 11 is 0. The molecule has 0 bridgehead atoms. The van der Waals surface area contributed by atoms with Crippen molar-refractivity contribution in [2.24, 2.45) is 0 Å². The molecule has 1 aliphatic heterocycles. The van der Waals surface area contributed by atoms with Crippen LogP contribution >= 0.6 is 0 Å². The number of benzene rings is 1. The molecule has 8 atom stereocenters. The summed E-state index contributed by atoms with van der Waals surface area (Å²) in [7, 11) is 0. The van der Waals surface area contributed by atoms with E-state index in [1.54, 1.807) is 6.92 Å². The molecule has 1 aromatic rings. The first-order valence-electron chi connectivity index (χ1n) is 15.3. The maximum Gasteiger partial charge on any atom is 0.407 e. The Bertz CT molecular complexity index is 1000. The third kappa shape index (κ3) is 14.0. The number of aliphatic hydroxyl groups excluding tert-OH is 5. The molecule has 45 heavy (non-hydrogen) atoms. The summed E-state index contributed by atoms with van der Waals surface area (Å²) in [6, 6.07) is 8.26. The molecule has 1 heterocycles. The Labute approximate surface area is 263 Å². The van der Waals surface area contributed by atoms with Crippen molar-refractivity contribution in [1.82, 2.24) is 16.0 Å². The van der Waals surface area contributed by atoms with E-state index >= 15 is 0 Å². The third-order valence-electron chi connectivity index (χ3n) is 6.99. The van der Waals surface area contributed by atoms with Crippen molar-refractivity contribution in [1.29, 1.82) is 0 Å². The standard InChI is InChI=1S/C30H49N3O12/c1-3-8-21(34)25(37)20(33-23(35)9-4-2)17-43-29-28(40)27(39)26(38)22(45-29)18-44-30(41)32-13-15-42-14-12-31-24(36)16-19-10-6-5-7-11-19/h5-7,10-11,20-22,25-29,34,37-40H,3-4,8-9,12-18H2,1-2H3,(H,31,36)(H,32,41)(H,33,35)/t20-,21+,22?,25-,26-,27-,28?,29-/m0/s1. The minimum absolute atomic E-state index is 0.0926. The van der Waals surface area contributed by atoms with E-state index < -0.39 is 68.3 Å². The van der Waals surface area contributed by atoms with Gasteiger partial charge in [0.1, 0.15) is 37.1 Å². The molecule has 256 valence electrons. The summed E-state index contributed by atoms with van der Waals surface area (Å²) in [6.07, 6.45) is -9.35. The molecule has 0 spiro atoms. The third-order valence-corrected chi connectivity index (χ3v) is 6.99. The van der Waals surface area contributed by atoms with Crippen LogP contribution in [0.2, 0.25) is 0 Å². The summed E-state index contributed by atoms with van der Waals surface area (Å²) in [5.74, 6) is -0.506. The molecular weight excluding hydrogens is 594 g/mol. The molecule has 0 aromatic heterocycles. The average molecular weight is 644 g/mol. The summed E-state index contributed by atoms with van der Waals surface area (Å²) in [5.41, 5.74) is 0.901. The second-order valence-corrected chi connectivity index (χ2v) is 10.8. The lowest BCUT2D eigenvalue weighted by atomic mass is 9.99. The highest BCUT2D eigenvalue weighted by molar-refractivity contribution is 5.78. The van der Waals surface area contributed by atoms with E-state index in [1.807, 2.05) is 37.3 Å². The normalized spacial score (nSPS) is 23.4. The quantitative estimate of drug-likeness (QED) is 0.0778. The van der Waals surface area contributed by atoms with Gasteiger partial charge in [-0.1, -0.05) is 50.6 Å². The monoisotopic (exact) mass is 643 g/mol. The number of alkyl carbamates (subject to hydrolysis) is 1. The van der Waals surface area contributed by atoms with Gasteiger partial charge in [0.2, 0.25) is 11.8 Å². The first-order chi connectivity index (χ1) is 21.6. The summed E-state index contributed by atoms with van der Waals surface area (Å²) in [5, 5.41) is 59.7. The Kier molecular flexibility index (Phi) is 17.9. The molecule has 1 aromatic carbocycles. The Balaban J connectivity index is 1.74. The zero-order chi connectivity index (χ0) is 33.2. The number of carbonyl (C=O) groups excluding carboxylic acids is 3. The summed E-state index contributed by atoms with van der Waals surface area (Å²) in [6.45, 7) is 3.50. The first-order valence-corrected chi connectivity index (χ1v) is 15.3. The van der Waals surface area contributed by atoms with Crippen LogP contribution in [0.5, 0.6) is 0 Å². The van der Waals surface area contributed by atoms with E-state index in [1.165, 1.54) is 0 Å².